The summed E-state index contributed by atoms with van der Waals surface area (Å²) < 4.78 is 13.5. The molecular formula is C17H14ClFN2O2. The van der Waals surface area contributed by atoms with Gasteiger partial charge in [-0.25, -0.2) is 4.39 Å². The number of hydrogen-bond donors (Lipinski definition) is 0. The molecule has 4 nitrogen and oxygen atoms in total. The van der Waals surface area contributed by atoms with Crippen LogP contribution in [0.4, 0.5) is 4.39 Å². The van der Waals surface area contributed by atoms with E-state index >= 15 is 0 Å². The van der Waals surface area contributed by atoms with Crippen molar-refractivity contribution in [3.8, 4) is 0 Å². The summed E-state index contributed by atoms with van der Waals surface area (Å²) in [5, 5.41) is 0.00508. The summed E-state index contributed by atoms with van der Waals surface area (Å²) in [7, 11) is 0. The molecule has 3 aliphatic rings. The van der Waals surface area contributed by atoms with E-state index < -0.39 is 17.7 Å². The largest absolute Gasteiger partial charge is 0.299 e. The first kappa shape index (κ1) is 14.7. The van der Waals surface area contributed by atoms with Crippen molar-refractivity contribution in [3.05, 3.63) is 34.6 Å². The number of Topliss-reactive ketones (excluding diaryl/α,β-unsaturated/α-hetero) is 2. The second kappa shape index (κ2) is 5.34. The van der Waals surface area contributed by atoms with Gasteiger partial charge >= 0.3 is 0 Å². The molecule has 4 atom stereocenters. The zero-order valence-corrected chi connectivity index (χ0v) is 13.0. The molecule has 1 aromatic carbocycles. The van der Waals surface area contributed by atoms with Gasteiger partial charge in [-0.05, 0) is 24.1 Å². The van der Waals surface area contributed by atoms with Crippen molar-refractivity contribution in [2.45, 2.75) is 24.8 Å². The third-order valence-electron chi connectivity index (χ3n) is 4.97. The predicted molar refractivity (Wildman–Crippen MR) is 85.0 cm³/mol. The van der Waals surface area contributed by atoms with Gasteiger partial charge in [0.1, 0.15) is 11.6 Å². The van der Waals surface area contributed by atoms with E-state index in [9.17, 15) is 14.0 Å². The Bertz CT molecular complexity index is 774. The minimum Gasteiger partial charge on any atom is -0.299 e. The Labute approximate surface area is 137 Å². The van der Waals surface area contributed by atoms with Crippen LogP contribution in [0.1, 0.15) is 24.3 Å². The van der Waals surface area contributed by atoms with Gasteiger partial charge in [0.2, 0.25) is 0 Å². The summed E-state index contributed by atoms with van der Waals surface area (Å²) in [6.45, 7) is 0.109. The fourth-order valence-corrected chi connectivity index (χ4v) is 4.17. The number of ketones is 2. The number of benzene rings is 1. The molecule has 1 aromatic rings. The zero-order chi connectivity index (χ0) is 16.1. The van der Waals surface area contributed by atoms with Crippen LogP contribution in [0.5, 0.6) is 0 Å². The van der Waals surface area contributed by atoms with Crippen LogP contribution < -0.4 is 0 Å². The molecule has 0 radical (unpaired) electrons. The van der Waals surface area contributed by atoms with Crippen molar-refractivity contribution in [2.75, 3.05) is 6.54 Å². The van der Waals surface area contributed by atoms with Gasteiger partial charge in [-0.1, -0.05) is 17.7 Å². The highest BCUT2D eigenvalue weighted by Crippen LogP contribution is 2.45. The standard InChI is InChI=1S/C17H14ClFN2O2/c18-9-5-8(1-2-10(9)19)15-16-11(3-4-13(16)22)21-12-6-20-7-14(23)17(12)15/h1-2,5-6,12,15-17H,3-4,7H2. The van der Waals surface area contributed by atoms with Crippen LogP contribution in [0.25, 0.3) is 0 Å². The third-order valence-corrected chi connectivity index (χ3v) is 5.26. The quantitative estimate of drug-likeness (QED) is 0.793. The number of fused-ring (bicyclic) bond motifs is 2. The Kier molecular flexibility index (Phi) is 3.41. The molecule has 0 bridgehead atoms. The summed E-state index contributed by atoms with van der Waals surface area (Å²) in [6.07, 6.45) is 2.77. The van der Waals surface area contributed by atoms with E-state index in [1.165, 1.54) is 12.1 Å². The van der Waals surface area contributed by atoms with Crippen LogP contribution in [0.3, 0.4) is 0 Å². The number of carbonyl (C=O) groups is 2. The summed E-state index contributed by atoms with van der Waals surface area (Å²) in [5.41, 5.74) is 1.56. The number of rotatable bonds is 1. The van der Waals surface area contributed by atoms with Gasteiger partial charge in [-0.2, -0.15) is 0 Å². The maximum absolute atomic E-state index is 13.5. The topological polar surface area (TPSA) is 58.9 Å². The molecule has 1 fully saturated rings. The van der Waals surface area contributed by atoms with E-state index in [-0.39, 0.29) is 35.1 Å². The summed E-state index contributed by atoms with van der Waals surface area (Å²) in [4.78, 5) is 33.5. The highest BCUT2D eigenvalue weighted by molar-refractivity contribution is 6.30. The first-order valence-corrected chi connectivity index (χ1v) is 8.01. The van der Waals surface area contributed by atoms with E-state index in [2.05, 4.69) is 9.98 Å². The molecule has 0 amide bonds. The van der Waals surface area contributed by atoms with Crippen molar-refractivity contribution in [3.63, 3.8) is 0 Å². The molecule has 0 aromatic heterocycles. The first-order chi connectivity index (χ1) is 11.1. The highest BCUT2D eigenvalue weighted by atomic mass is 35.5. The molecule has 23 heavy (non-hydrogen) atoms. The minimum absolute atomic E-state index is 0.00508. The summed E-state index contributed by atoms with van der Waals surface area (Å²) in [5.74, 6) is -1.59. The Hall–Kier alpha value is -1.88. The van der Waals surface area contributed by atoms with Crippen molar-refractivity contribution in [1.29, 1.82) is 0 Å². The van der Waals surface area contributed by atoms with E-state index in [4.69, 9.17) is 11.6 Å². The Morgan fingerprint density at radius 3 is 2.74 bits per heavy atom. The Morgan fingerprint density at radius 1 is 1.13 bits per heavy atom. The van der Waals surface area contributed by atoms with Gasteiger partial charge < -0.3 is 0 Å². The maximum atomic E-state index is 13.5. The second-order valence-corrected chi connectivity index (χ2v) is 6.64. The van der Waals surface area contributed by atoms with E-state index in [1.54, 1.807) is 12.3 Å². The molecule has 0 saturated heterocycles. The minimum atomic E-state index is -0.508. The van der Waals surface area contributed by atoms with Gasteiger partial charge in [-0.3, -0.25) is 19.6 Å². The lowest BCUT2D eigenvalue weighted by atomic mass is 9.68. The summed E-state index contributed by atoms with van der Waals surface area (Å²) >= 11 is 5.92. The highest BCUT2D eigenvalue weighted by Gasteiger charge is 2.50. The molecule has 2 aliphatic heterocycles. The molecule has 0 spiro atoms. The SMILES string of the molecule is O=C1CCC2=NC3C=NCC(=O)C3C(c3ccc(F)c(Cl)c3)C12. The zero-order valence-electron chi connectivity index (χ0n) is 12.2. The molecule has 1 saturated carbocycles. The number of halogens is 2. The fraction of sp³-hybridized carbons (Fsp3) is 0.412. The lowest BCUT2D eigenvalue weighted by Crippen LogP contribution is -2.46. The average molecular weight is 333 g/mol. The van der Waals surface area contributed by atoms with E-state index in [0.717, 1.165) is 11.3 Å². The van der Waals surface area contributed by atoms with Gasteiger partial charge in [0.15, 0.2) is 5.78 Å². The molecule has 118 valence electrons. The van der Waals surface area contributed by atoms with E-state index in [1.807, 2.05) is 0 Å². The fourth-order valence-electron chi connectivity index (χ4n) is 3.98. The van der Waals surface area contributed by atoms with Crippen LogP contribution >= 0.6 is 11.6 Å². The van der Waals surface area contributed by atoms with Crippen molar-refractivity contribution in [1.82, 2.24) is 0 Å². The third kappa shape index (κ3) is 2.26. The van der Waals surface area contributed by atoms with Crippen molar-refractivity contribution in [2.24, 2.45) is 21.8 Å². The molecule has 4 unspecified atom stereocenters. The summed E-state index contributed by atoms with van der Waals surface area (Å²) in [6, 6.07) is 4.11. The van der Waals surface area contributed by atoms with Crippen LogP contribution in [0, 0.1) is 17.7 Å². The Balaban J connectivity index is 1.87. The normalized spacial score (nSPS) is 32.5. The number of aliphatic imine (C=N–C) groups is 2. The molecule has 1 aliphatic carbocycles. The van der Waals surface area contributed by atoms with Crippen molar-refractivity contribution >= 4 is 35.1 Å². The molecular weight excluding hydrogens is 319 g/mol. The number of nitrogens with zero attached hydrogens (tertiary/aromatic N) is 2. The second-order valence-electron chi connectivity index (χ2n) is 6.24. The van der Waals surface area contributed by atoms with Crippen LogP contribution in [-0.2, 0) is 9.59 Å². The monoisotopic (exact) mass is 332 g/mol. The predicted octanol–water partition coefficient (Wildman–Crippen LogP) is 2.63. The first-order valence-electron chi connectivity index (χ1n) is 7.63. The lowest BCUT2D eigenvalue weighted by molar-refractivity contribution is -0.124. The lowest BCUT2D eigenvalue weighted by Gasteiger charge is -2.38. The van der Waals surface area contributed by atoms with Gasteiger partial charge in [0, 0.05) is 24.3 Å². The molecule has 6 heteroatoms. The number of hydrogen-bond acceptors (Lipinski definition) is 4. The van der Waals surface area contributed by atoms with Gasteiger partial charge in [-0.15, -0.1) is 0 Å². The Morgan fingerprint density at radius 2 is 1.96 bits per heavy atom. The van der Waals surface area contributed by atoms with E-state index in [0.29, 0.717) is 12.8 Å². The average Bonchev–Trinajstić information content (AvgIpc) is 2.90. The molecule has 0 N–H and O–H groups in total. The van der Waals surface area contributed by atoms with Crippen LogP contribution in [0.15, 0.2) is 28.2 Å². The molecule has 2 heterocycles. The van der Waals surface area contributed by atoms with Crippen LogP contribution in [0.2, 0.25) is 5.02 Å². The maximum Gasteiger partial charge on any atom is 0.160 e. The molecule has 4 rings (SSSR count). The van der Waals surface area contributed by atoms with Gasteiger partial charge in [0.05, 0.1) is 29.4 Å². The van der Waals surface area contributed by atoms with Gasteiger partial charge in [0.25, 0.3) is 0 Å². The number of carbonyl (C=O) groups excluding carboxylic acids is 2. The smallest absolute Gasteiger partial charge is 0.160 e. The van der Waals surface area contributed by atoms with Crippen LogP contribution in [-0.4, -0.2) is 36.1 Å². The van der Waals surface area contributed by atoms with Crippen molar-refractivity contribution < 1.29 is 14.0 Å².